The number of nitrogens with one attached hydrogen (secondary N) is 2. The van der Waals surface area contributed by atoms with Crippen molar-refractivity contribution >= 4 is 59.1 Å². The van der Waals surface area contributed by atoms with Gasteiger partial charge in [-0.15, -0.1) is 11.3 Å². The predicted molar refractivity (Wildman–Crippen MR) is 109 cm³/mol. The highest BCUT2D eigenvalue weighted by molar-refractivity contribution is 9.10. The Kier molecular flexibility index (Phi) is 6.91. The summed E-state index contributed by atoms with van der Waals surface area (Å²) in [6, 6.07) is 2.35. The summed E-state index contributed by atoms with van der Waals surface area (Å²) in [7, 11) is -4.66. The number of carbonyl (C=O) groups is 2. The van der Waals surface area contributed by atoms with Crippen LogP contribution in [-0.2, 0) is 19.4 Å². The van der Waals surface area contributed by atoms with E-state index in [1.54, 1.807) is 0 Å². The Morgan fingerprint density at radius 2 is 1.97 bits per heavy atom. The third kappa shape index (κ3) is 6.35. The number of amides is 2. The van der Waals surface area contributed by atoms with Crippen molar-refractivity contribution in [1.29, 1.82) is 0 Å². The molecule has 0 spiro atoms. The molecule has 0 radical (unpaired) electrons. The van der Waals surface area contributed by atoms with Crippen LogP contribution in [-0.4, -0.2) is 49.7 Å². The summed E-state index contributed by atoms with van der Waals surface area (Å²) < 4.78 is 77.4. The zero-order valence-electron chi connectivity index (χ0n) is 15.6. The van der Waals surface area contributed by atoms with Crippen molar-refractivity contribution in [3.8, 4) is 0 Å². The normalized spacial score (nSPS) is 15.6. The average molecular weight is 546 g/mol. The SMILES string of the molecule is O=C(CNC(=O)C(c1nc2cc(F)c(Br)cc2s1)S(=O)(=O)CCC(F)(F)F)NC1CC1. The second-order valence-electron chi connectivity index (χ2n) is 6.96. The molecule has 14 heteroatoms. The van der Waals surface area contributed by atoms with Crippen LogP contribution in [0.3, 0.4) is 0 Å². The largest absolute Gasteiger partial charge is 0.390 e. The molecule has 2 N–H and O–H groups in total. The highest BCUT2D eigenvalue weighted by Crippen LogP contribution is 2.35. The number of fused-ring (bicyclic) bond motifs is 1. The van der Waals surface area contributed by atoms with Crippen LogP contribution in [0.25, 0.3) is 10.2 Å². The fraction of sp³-hybridized carbons (Fsp3) is 0.471. The first-order chi connectivity index (χ1) is 14.4. The summed E-state index contributed by atoms with van der Waals surface area (Å²) in [6.07, 6.45) is -4.80. The van der Waals surface area contributed by atoms with E-state index in [-0.39, 0.29) is 21.0 Å². The minimum atomic E-state index is -4.75. The zero-order valence-corrected chi connectivity index (χ0v) is 18.9. The number of hydrogen-bond acceptors (Lipinski definition) is 6. The second-order valence-corrected chi connectivity index (χ2v) is 11.1. The highest BCUT2D eigenvalue weighted by atomic mass is 79.9. The summed E-state index contributed by atoms with van der Waals surface area (Å²) in [5, 5.41) is 2.37. The topological polar surface area (TPSA) is 105 Å². The maximum atomic E-state index is 13.8. The molecule has 1 aromatic carbocycles. The summed E-state index contributed by atoms with van der Waals surface area (Å²) in [5.41, 5.74) is 0.0518. The summed E-state index contributed by atoms with van der Waals surface area (Å²) in [4.78, 5) is 28.4. The number of alkyl halides is 3. The van der Waals surface area contributed by atoms with Crippen LogP contribution in [0.2, 0.25) is 0 Å². The molecule has 1 aliphatic carbocycles. The first-order valence-electron chi connectivity index (χ1n) is 8.96. The molecule has 1 unspecified atom stereocenters. The lowest BCUT2D eigenvalue weighted by molar-refractivity contribution is -0.130. The van der Waals surface area contributed by atoms with Crippen LogP contribution in [0.1, 0.15) is 29.5 Å². The zero-order chi connectivity index (χ0) is 23.0. The number of carbonyl (C=O) groups excluding carboxylic acids is 2. The van der Waals surface area contributed by atoms with Crippen molar-refractivity contribution in [3.05, 3.63) is 27.4 Å². The molecule has 0 saturated heterocycles. The number of benzene rings is 1. The number of sulfone groups is 1. The molecule has 1 atom stereocenters. The Balaban J connectivity index is 1.89. The van der Waals surface area contributed by atoms with Gasteiger partial charge in [0.2, 0.25) is 11.8 Å². The number of rotatable bonds is 8. The molecule has 170 valence electrons. The predicted octanol–water partition coefficient (Wildman–Crippen LogP) is 3.00. The quantitative estimate of drug-likeness (QED) is 0.496. The molecule has 1 heterocycles. The van der Waals surface area contributed by atoms with E-state index in [9.17, 15) is 35.6 Å². The minimum absolute atomic E-state index is 0.00771. The van der Waals surface area contributed by atoms with E-state index in [0.29, 0.717) is 4.70 Å². The lowest BCUT2D eigenvalue weighted by atomic mass is 10.3. The van der Waals surface area contributed by atoms with E-state index in [1.165, 1.54) is 6.07 Å². The standard InChI is InChI=1S/C17H16BrF4N3O4S2/c18-9-5-12-11(6-10(9)19)25-16(30-12)14(31(28,29)4-3-17(20,21)22)15(27)23-7-13(26)24-8-1-2-8/h5-6,8,14H,1-4,7H2,(H,23,27)(H,24,26). The monoisotopic (exact) mass is 545 g/mol. The molecule has 7 nitrogen and oxygen atoms in total. The van der Waals surface area contributed by atoms with Crippen molar-refractivity contribution in [1.82, 2.24) is 15.6 Å². The molecule has 1 saturated carbocycles. The Morgan fingerprint density at radius 3 is 2.58 bits per heavy atom. The van der Waals surface area contributed by atoms with E-state index in [2.05, 4.69) is 31.5 Å². The van der Waals surface area contributed by atoms with Crippen LogP contribution in [0.4, 0.5) is 17.6 Å². The third-order valence-corrected chi connectivity index (χ3v) is 8.07. The molecule has 31 heavy (non-hydrogen) atoms. The summed E-state index contributed by atoms with van der Waals surface area (Å²) in [6.45, 7) is -0.536. The van der Waals surface area contributed by atoms with Crippen LogP contribution >= 0.6 is 27.3 Å². The van der Waals surface area contributed by atoms with E-state index >= 15 is 0 Å². The van der Waals surface area contributed by atoms with Crippen LogP contribution in [0.15, 0.2) is 16.6 Å². The van der Waals surface area contributed by atoms with Gasteiger partial charge < -0.3 is 10.6 Å². The van der Waals surface area contributed by atoms with E-state index in [1.807, 2.05) is 0 Å². The van der Waals surface area contributed by atoms with Gasteiger partial charge in [-0.2, -0.15) is 13.2 Å². The molecule has 2 amide bonds. The molecule has 0 aliphatic heterocycles. The van der Waals surface area contributed by atoms with Crippen molar-refractivity contribution < 1.29 is 35.6 Å². The summed E-state index contributed by atoms with van der Waals surface area (Å²) in [5.74, 6) is -3.73. The van der Waals surface area contributed by atoms with E-state index in [0.717, 1.165) is 30.2 Å². The van der Waals surface area contributed by atoms with Gasteiger partial charge in [-0.3, -0.25) is 9.59 Å². The van der Waals surface area contributed by atoms with Gasteiger partial charge >= 0.3 is 6.18 Å². The van der Waals surface area contributed by atoms with Gasteiger partial charge in [0, 0.05) is 12.1 Å². The Hall–Kier alpha value is -1.80. The maximum Gasteiger partial charge on any atom is 0.390 e. The number of nitrogens with zero attached hydrogens (tertiary/aromatic N) is 1. The Labute approximate surface area is 186 Å². The Morgan fingerprint density at radius 1 is 1.29 bits per heavy atom. The number of aromatic nitrogens is 1. The lowest BCUT2D eigenvalue weighted by Gasteiger charge is -2.16. The van der Waals surface area contributed by atoms with E-state index in [4.69, 9.17) is 0 Å². The Bertz CT molecular complexity index is 1080. The molecular weight excluding hydrogens is 530 g/mol. The van der Waals surface area contributed by atoms with Crippen molar-refractivity contribution in [2.45, 2.75) is 36.7 Å². The highest BCUT2D eigenvalue weighted by Gasteiger charge is 2.40. The number of hydrogen-bond donors (Lipinski definition) is 2. The number of halogens is 5. The third-order valence-electron chi connectivity index (χ3n) is 4.30. The molecule has 1 aliphatic rings. The molecule has 0 bridgehead atoms. The lowest BCUT2D eigenvalue weighted by Crippen LogP contribution is -2.41. The fourth-order valence-corrected chi connectivity index (χ4v) is 6.19. The van der Waals surface area contributed by atoms with Gasteiger partial charge in [-0.1, -0.05) is 0 Å². The smallest absolute Gasteiger partial charge is 0.352 e. The van der Waals surface area contributed by atoms with Gasteiger partial charge in [-0.25, -0.2) is 17.8 Å². The minimum Gasteiger partial charge on any atom is -0.352 e. The first-order valence-corrected chi connectivity index (χ1v) is 12.3. The first kappa shape index (κ1) is 23.9. The van der Waals surface area contributed by atoms with Gasteiger partial charge in [0.25, 0.3) is 0 Å². The van der Waals surface area contributed by atoms with E-state index < -0.39 is 57.6 Å². The molecule has 3 rings (SSSR count). The molecule has 1 aromatic heterocycles. The fourth-order valence-electron chi connectivity index (χ4n) is 2.62. The van der Waals surface area contributed by atoms with Gasteiger partial charge in [0.1, 0.15) is 10.8 Å². The van der Waals surface area contributed by atoms with Gasteiger partial charge in [-0.05, 0) is 34.8 Å². The van der Waals surface area contributed by atoms with Crippen LogP contribution in [0, 0.1) is 5.82 Å². The van der Waals surface area contributed by atoms with Crippen LogP contribution < -0.4 is 10.6 Å². The van der Waals surface area contributed by atoms with Crippen molar-refractivity contribution in [3.63, 3.8) is 0 Å². The van der Waals surface area contributed by atoms with Gasteiger partial charge in [0.05, 0.1) is 33.4 Å². The second kappa shape index (κ2) is 8.98. The number of thiazole rings is 1. The molecular formula is C17H16BrF4N3O4S2. The molecule has 2 aromatic rings. The van der Waals surface area contributed by atoms with Crippen LogP contribution in [0.5, 0.6) is 0 Å². The van der Waals surface area contributed by atoms with Crippen molar-refractivity contribution in [2.24, 2.45) is 0 Å². The molecule has 1 fully saturated rings. The summed E-state index contributed by atoms with van der Waals surface area (Å²) >= 11 is 3.72. The van der Waals surface area contributed by atoms with Gasteiger partial charge in [0.15, 0.2) is 15.1 Å². The average Bonchev–Trinajstić information content (AvgIpc) is 3.37. The maximum absolute atomic E-state index is 13.8. The van der Waals surface area contributed by atoms with Crippen molar-refractivity contribution in [2.75, 3.05) is 12.3 Å².